The molecule has 6 rings (SSSR count). The van der Waals surface area contributed by atoms with Gasteiger partial charge in [0, 0.05) is 22.7 Å². The van der Waals surface area contributed by atoms with Crippen molar-refractivity contribution < 1.29 is 9.53 Å². The molecule has 2 atom stereocenters. The second kappa shape index (κ2) is 10.2. The predicted octanol–water partition coefficient (Wildman–Crippen LogP) is 7.90. The molecule has 2 unspecified atom stereocenters. The van der Waals surface area contributed by atoms with Gasteiger partial charge in [-0.15, -0.1) is 0 Å². The Hall–Kier alpha value is -4.02. The Bertz CT molecular complexity index is 1480. The number of hydrogen-bond donors (Lipinski definition) is 2. The van der Waals surface area contributed by atoms with Crippen LogP contribution in [0.15, 0.2) is 114 Å². The Kier molecular flexibility index (Phi) is 6.42. The SMILES string of the molecule is O=C1CC(c2ccccc2Cl)CC2=C1C(c1cccc(OCc3ccccc3)c1)Nc1ccccc1N2. The Morgan fingerprint density at radius 2 is 1.57 bits per heavy atom. The summed E-state index contributed by atoms with van der Waals surface area (Å²) in [5.74, 6) is 0.923. The third-order valence-corrected chi connectivity index (χ3v) is 7.44. The maximum atomic E-state index is 13.8. The zero-order valence-electron chi connectivity index (χ0n) is 20.3. The van der Waals surface area contributed by atoms with E-state index in [1.165, 1.54) is 0 Å². The lowest BCUT2D eigenvalue weighted by molar-refractivity contribution is -0.116. The Balaban J connectivity index is 1.37. The lowest BCUT2D eigenvalue weighted by Gasteiger charge is -2.30. The molecule has 184 valence electrons. The van der Waals surface area contributed by atoms with Crippen LogP contribution in [-0.4, -0.2) is 5.78 Å². The number of nitrogens with one attached hydrogen (secondary N) is 2. The topological polar surface area (TPSA) is 50.4 Å². The molecule has 4 aromatic carbocycles. The smallest absolute Gasteiger partial charge is 0.163 e. The summed E-state index contributed by atoms with van der Waals surface area (Å²) in [5, 5.41) is 7.95. The van der Waals surface area contributed by atoms with E-state index in [0.717, 1.165) is 45.1 Å². The number of fused-ring (bicyclic) bond motifs is 1. The van der Waals surface area contributed by atoms with E-state index in [1.807, 2.05) is 97.1 Å². The highest BCUT2D eigenvalue weighted by molar-refractivity contribution is 6.31. The minimum atomic E-state index is -0.300. The summed E-state index contributed by atoms with van der Waals surface area (Å²) in [7, 11) is 0. The first-order valence-corrected chi connectivity index (χ1v) is 12.9. The van der Waals surface area contributed by atoms with Gasteiger partial charge in [-0.05, 0) is 59.4 Å². The van der Waals surface area contributed by atoms with Crippen molar-refractivity contribution in [3.63, 3.8) is 0 Å². The van der Waals surface area contributed by atoms with Crippen LogP contribution in [0, 0.1) is 0 Å². The van der Waals surface area contributed by atoms with Crippen molar-refractivity contribution >= 4 is 28.8 Å². The number of allylic oxidation sites excluding steroid dienone is 1. The van der Waals surface area contributed by atoms with Crippen LogP contribution >= 0.6 is 11.6 Å². The zero-order chi connectivity index (χ0) is 25.2. The molecule has 1 heterocycles. The molecule has 4 nitrogen and oxygen atoms in total. The van der Waals surface area contributed by atoms with Crippen molar-refractivity contribution in [3.05, 3.63) is 136 Å². The summed E-state index contributed by atoms with van der Waals surface area (Å²) in [6.45, 7) is 0.485. The van der Waals surface area contributed by atoms with Gasteiger partial charge >= 0.3 is 0 Å². The molecule has 1 aliphatic carbocycles. The van der Waals surface area contributed by atoms with E-state index in [4.69, 9.17) is 16.3 Å². The van der Waals surface area contributed by atoms with Gasteiger partial charge in [-0.25, -0.2) is 0 Å². The normalized spacial score (nSPS) is 18.7. The fourth-order valence-corrected chi connectivity index (χ4v) is 5.58. The minimum Gasteiger partial charge on any atom is -0.489 e. The quantitative estimate of drug-likeness (QED) is 0.289. The molecule has 2 aliphatic rings. The maximum absolute atomic E-state index is 13.8. The van der Waals surface area contributed by atoms with Crippen molar-refractivity contribution in [3.8, 4) is 5.75 Å². The number of carbonyl (C=O) groups excluding carboxylic acids is 1. The number of ketones is 1. The number of carbonyl (C=O) groups is 1. The van der Waals surface area contributed by atoms with Gasteiger partial charge in [0.25, 0.3) is 0 Å². The third-order valence-electron chi connectivity index (χ3n) is 7.09. The molecule has 1 aliphatic heterocycles. The van der Waals surface area contributed by atoms with Crippen LogP contribution in [0.5, 0.6) is 5.75 Å². The largest absolute Gasteiger partial charge is 0.489 e. The molecule has 2 N–H and O–H groups in total. The van der Waals surface area contributed by atoms with Gasteiger partial charge in [-0.3, -0.25) is 4.79 Å². The van der Waals surface area contributed by atoms with Crippen molar-refractivity contribution in [2.75, 3.05) is 10.6 Å². The average molecular weight is 507 g/mol. The molecule has 0 saturated heterocycles. The molecule has 4 aromatic rings. The summed E-state index contributed by atoms with van der Waals surface area (Å²) in [6, 6.07) is 33.8. The van der Waals surface area contributed by atoms with Gasteiger partial charge in [0.2, 0.25) is 0 Å². The molecule has 0 aromatic heterocycles. The Labute approximate surface area is 221 Å². The molecule has 0 radical (unpaired) electrons. The number of para-hydroxylation sites is 2. The fraction of sp³-hybridized carbons (Fsp3) is 0.156. The predicted molar refractivity (Wildman–Crippen MR) is 149 cm³/mol. The van der Waals surface area contributed by atoms with E-state index in [9.17, 15) is 4.79 Å². The van der Waals surface area contributed by atoms with Crippen molar-refractivity contribution in [2.24, 2.45) is 0 Å². The van der Waals surface area contributed by atoms with Crippen molar-refractivity contribution in [1.82, 2.24) is 0 Å². The molecular formula is C32H27ClN2O2. The van der Waals surface area contributed by atoms with Crippen LogP contribution in [0.1, 0.15) is 41.5 Å². The van der Waals surface area contributed by atoms with E-state index in [0.29, 0.717) is 24.5 Å². The lowest BCUT2D eigenvalue weighted by Crippen LogP contribution is -2.27. The van der Waals surface area contributed by atoms with Crippen LogP contribution < -0.4 is 15.4 Å². The van der Waals surface area contributed by atoms with Gasteiger partial charge in [0.05, 0.1) is 17.4 Å². The first-order valence-electron chi connectivity index (χ1n) is 12.6. The summed E-state index contributed by atoms with van der Waals surface area (Å²) < 4.78 is 6.12. The number of halogens is 1. The summed E-state index contributed by atoms with van der Waals surface area (Å²) in [4.78, 5) is 13.8. The van der Waals surface area contributed by atoms with Crippen LogP contribution in [0.3, 0.4) is 0 Å². The number of hydrogen-bond acceptors (Lipinski definition) is 4. The lowest BCUT2D eigenvalue weighted by atomic mass is 9.78. The summed E-state index contributed by atoms with van der Waals surface area (Å²) in [6.07, 6.45) is 1.13. The molecule has 0 bridgehead atoms. The van der Waals surface area contributed by atoms with Crippen LogP contribution in [0.2, 0.25) is 5.02 Å². The van der Waals surface area contributed by atoms with E-state index >= 15 is 0 Å². The fourth-order valence-electron chi connectivity index (χ4n) is 5.29. The number of benzene rings is 4. The first-order chi connectivity index (χ1) is 18.2. The number of anilines is 2. The van der Waals surface area contributed by atoms with Gasteiger partial charge < -0.3 is 15.4 Å². The monoisotopic (exact) mass is 506 g/mol. The number of Topliss-reactive ketones (excluding diaryl/α,β-unsaturated/α-hetero) is 1. The summed E-state index contributed by atoms with van der Waals surface area (Å²) >= 11 is 6.54. The molecule has 0 fully saturated rings. The van der Waals surface area contributed by atoms with E-state index < -0.39 is 0 Å². The summed E-state index contributed by atoms with van der Waals surface area (Å²) in [5.41, 5.74) is 6.75. The molecule has 0 saturated carbocycles. The van der Waals surface area contributed by atoms with Crippen molar-refractivity contribution in [1.29, 1.82) is 0 Å². The van der Waals surface area contributed by atoms with Crippen LogP contribution in [-0.2, 0) is 11.4 Å². The van der Waals surface area contributed by atoms with E-state index in [2.05, 4.69) is 16.7 Å². The molecule has 0 spiro atoms. The highest BCUT2D eigenvalue weighted by Gasteiger charge is 2.36. The van der Waals surface area contributed by atoms with Gasteiger partial charge in [-0.1, -0.05) is 84.4 Å². The Morgan fingerprint density at radius 1 is 0.811 bits per heavy atom. The van der Waals surface area contributed by atoms with E-state index in [-0.39, 0.29) is 17.7 Å². The standard InChI is InChI=1S/C32H27ClN2O2/c33-26-14-5-4-13-25(26)23-18-29-31(30(36)19-23)32(35-28-16-7-6-15-27(28)34-29)22-11-8-12-24(17-22)37-20-21-9-2-1-3-10-21/h1-17,23,32,34-35H,18-20H2. The van der Waals surface area contributed by atoms with Gasteiger partial charge in [-0.2, -0.15) is 0 Å². The van der Waals surface area contributed by atoms with Crippen molar-refractivity contribution in [2.45, 2.75) is 31.4 Å². The number of rotatable bonds is 5. The third kappa shape index (κ3) is 4.85. The Morgan fingerprint density at radius 3 is 2.41 bits per heavy atom. The zero-order valence-corrected chi connectivity index (χ0v) is 21.0. The van der Waals surface area contributed by atoms with Gasteiger partial charge in [0.15, 0.2) is 5.78 Å². The second-order valence-electron chi connectivity index (χ2n) is 9.54. The highest BCUT2D eigenvalue weighted by atomic mass is 35.5. The first kappa shape index (κ1) is 23.4. The van der Waals surface area contributed by atoms with E-state index in [1.54, 1.807) is 0 Å². The minimum absolute atomic E-state index is 0.0268. The average Bonchev–Trinajstić information content (AvgIpc) is 3.10. The number of ether oxygens (including phenoxy) is 1. The molecule has 0 amide bonds. The van der Waals surface area contributed by atoms with Crippen LogP contribution in [0.25, 0.3) is 0 Å². The second-order valence-corrected chi connectivity index (χ2v) is 9.94. The van der Waals surface area contributed by atoms with Crippen LogP contribution in [0.4, 0.5) is 11.4 Å². The maximum Gasteiger partial charge on any atom is 0.163 e. The molecule has 5 heteroatoms. The van der Waals surface area contributed by atoms with Gasteiger partial charge in [0.1, 0.15) is 12.4 Å². The molecular weight excluding hydrogens is 480 g/mol. The highest BCUT2D eigenvalue weighted by Crippen LogP contribution is 2.45. The molecule has 37 heavy (non-hydrogen) atoms.